The highest BCUT2D eigenvalue weighted by atomic mass is 32.1. The molecule has 2 nitrogen and oxygen atoms in total. The molecular formula is C28H28O2S3Si2. The maximum atomic E-state index is 10.7. The van der Waals surface area contributed by atoms with Gasteiger partial charge in [0, 0.05) is 34.5 Å². The van der Waals surface area contributed by atoms with E-state index in [4.69, 9.17) is 4.74 Å². The molecule has 0 saturated heterocycles. The monoisotopic (exact) mass is 548 g/mol. The van der Waals surface area contributed by atoms with Crippen molar-refractivity contribution < 1.29 is 9.84 Å². The van der Waals surface area contributed by atoms with E-state index in [1.165, 1.54) is 61.2 Å². The number of thiophene rings is 3. The molecule has 2 aromatic carbocycles. The molecule has 0 amide bonds. The standard InChI is InChI=1S/C28H28O2S3Si2/c1-13-8-19-23(31-13)28-25(33-19)21-15(12-29)10-16-17(26(21)35(28,6)7)11-18(30-3)22-24-20(9-14(2)32-24)34(4,5)27(16)22/h8-11,29H,12H2,1-7H3. The molecule has 0 radical (unpaired) electrons. The highest BCUT2D eigenvalue weighted by molar-refractivity contribution is 7.34. The Morgan fingerprint density at radius 3 is 2.17 bits per heavy atom. The Morgan fingerprint density at radius 2 is 1.46 bits per heavy atom. The zero-order valence-corrected chi connectivity index (χ0v) is 25.5. The minimum Gasteiger partial charge on any atom is -0.496 e. The van der Waals surface area contributed by atoms with Gasteiger partial charge in [0.05, 0.1) is 13.7 Å². The fourth-order valence-corrected chi connectivity index (χ4v) is 20.1. The number of rotatable bonds is 2. The smallest absolute Gasteiger partial charge is 0.128 e. The van der Waals surface area contributed by atoms with Gasteiger partial charge in [0.15, 0.2) is 0 Å². The van der Waals surface area contributed by atoms with Gasteiger partial charge in [-0.15, -0.1) is 34.0 Å². The number of methoxy groups -OCH3 is 1. The van der Waals surface area contributed by atoms with E-state index >= 15 is 0 Å². The van der Waals surface area contributed by atoms with E-state index in [0.29, 0.717) is 0 Å². The second-order valence-electron chi connectivity index (χ2n) is 11.1. The average molecular weight is 549 g/mol. The van der Waals surface area contributed by atoms with Gasteiger partial charge in [0.25, 0.3) is 0 Å². The molecule has 2 aliphatic rings. The molecule has 0 atom stereocenters. The Balaban J connectivity index is 1.66. The van der Waals surface area contributed by atoms with Crippen LogP contribution in [0.5, 0.6) is 5.75 Å². The maximum Gasteiger partial charge on any atom is 0.128 e. The summed E-state index contributed by atoms with van der Waals surface area (Å²) in [5, 5.41) is 19.5. The van der Waals surface area contributed by atoms with Crippen LogP contribution in [0.15, 0.2) is 24.3 Å². The zero-order chi connectivity index (χ0) is 24.6. The van der Waals surface area contributed by atoms with Crippen LogP contribution in [0.4, 0.5) is 0 Å². The van der Waals surface area contributed by atoms with Crippen LogP contribution in [0.1, 0.15) is 15.3 Å². The highest BCUT2D eigenvalue weighted by Gasteiger charge is 2.47. The van der Waals surface area contributed by atoms with Crippen molar-refractivity contribution in [2.45, 2.75) is 46.6 Å². The number of aryl methyl sites for hydroxylation is 2. The van der Waals surface area contributed by atoms with Gasteiger partial charge < -0.3 is 9.84 Å². The third kappa shape index (κ3) is 2.61. The Hall–Kier alpha value is -1.75. The largest absolute Gasteiger partial charge is 0.496 e. The van der Waals surface area contributed by atoms with E-state index in [1.807, 2.05) is 41.1 Å². The average Bonchev–Trinajstić information content (AvgIpc) is 3.54. The molecule has 178 valence electrons. The number of aliphatic hydroxyl groups excluding tert-OH is 1. The van der Waals surface area contributed by atoms with Crippen molar-refractivity contribution >= 4 is 91.1 Å². The number of aliphatic hydroxyl groups is 1. The Labute approximate surface area is 219 Å². The third-order valence-electron chi connectivity index (χ3n) is 8.23. The van der Waals surface area contributed by atoms with Gasteiger partial charge in [-0.25, -0.2) is 0 Å². The van der Waals surface area contributed by atoms with Crippen LogP contribution >= 0.6 is 34.0 Å². The number of hydrogen-bond donors (Lipinski definition) is 1. The van der Waals surface area contributed by atoms with E-state index < -0.39 is 16.1 Å². The molecule has 7 rings (SSSR count). The van der Waals surface area contributed by atoms with Gasteiger partial charge in [0.1, 0.15) is 21.9 Å². The van der Waals surface area contributed by atoms with Crippen molar-refractivity contribution in [3.05, 3.63) is 39.6 Å². The van der Waals surface area contributed by atoms with Crippen LogP contribution < -0.4 is 25.5 Å². The molecule has 3 aromatic heterocycles. The second kappa shape index (κ2) is 6.97. The first-order valence-electron chi connectivity index (χ1n) is 12.1. The molecule has 7 heteroatoms. The van der Waals surface area contributed by atoms with E-state index in [1.54, 1.807) is 10.4 Å². The van der Waals surface area contributed by atoms with Crippen LogP contribution in [-0.4, -0.2) is 28.4 Å². The van der Waals surface area contributed by atoms with Gasteiger partial charge >= 0.3 is 0 Å². The predicted molar refractivity (Wildman–Crippen MR) is 161 cm³/mol. The SMILES string of the molecule is COc1cc2c3c(c(CO)cc2c2c1-c1sc(C)cc1[Si]2(C)C)-c1sc2cc(C)sc2c1[Si]3(C)C. The minimum atomic E-state index is -2.01. The summed E-state index contributed by atoms with van der Waals surface area (Å²) in [6.45, 7) is 14.5. The van der Waals surface area contributed by atoms with E-state index in [0.717, 1.165) is 11.3 Å². The predicted octanol–water partition coefficient (Wildman–Crippen LogP) is 5.90. The maximum absolute atomic E-state index is 10.7. The van der Waals surface area contributed by atoms with Crippen molar-refractivity contribution in [1.82, 2.24) is 0 Å². The third-order valence-corrected chi connectivity index (χ3v) is 19.2. The lowest BCUT2D eigenvalue weighted by atomic mass is 9.97. The first kappa shape index (κ1) is 22.5. The van der Waals surface area contributed by atoms with Gasteiger partial charge in [-0.3, -0.25) is 0 Å². The minimum absolute atomic E-state index is 0.0798. The lowest BCUT2D eigenvalue weighted by molar-refractivity contribution is 0.282. The summed E-state index contributed by atoms with van der Waals surface area (Å²) in [7, 11) is -2.10. The number of fused-ring (bicyclic) bond motifs is 11. The summed E-state index contributed by atoms with van der Waals surface area (Å²) in [4.78, 5) is 5.58. The number of benzene rings is 2. The molecule has 5 heterocycles. The topological polar surface area (TPSA) is 29.5 Å². The van der Waals surface area contributed by atoms with Crippen molar-refractivity contribution in [2.75, 3.05) is 7.11 Å². The fourth-order valence-electron chi connectivity index (χ4n) is 6.81. The van der Waals surface area contributed by atoms with Gasteiger partial charge in [0.2, 0.25) is 0 Å². The molecular weight excluding hydrogens is 521 g/mol. The zero-order valence-electron chi connectivity index (χ0n) is 21.1. The highest BCUT2D eigenvalue weighted by Crippen LogP contribution is 2.47. The van der Waals surface area contributed by atoms with E-state index in [9.17, 15) is 5.11 Å². The summed E-state index contributed by atoms with van der Waals surface area (Å²) in [6.07, 6.45) is 0. The summed E-state index contributed by atoms with van der Waals surface area (Å²) in [5.74, 6) is 1.02. The molecule has 2 aliphatic heterocycles. The lowest BCUT2D eigenvalue weighted by Crippen LogP contribution is -2.51. The summed E-state index contributed by atoms with van der Waals surface area (Å²) >= 11 is 5.78. The molecule has 35 heavy (non-hydrogen) atoms. The Kier molecular flexibility index (Phi) is 4.47. The summed E-state index contributed by atoms with van der Waals surface area (Å²) in [6, 6.07) is 9.44. The summed E-state index contributed by atoms with van der Waals surface area (Å²) < 4.78 is 9.03. The van der Waals surface area contributed by atoms with Crippen LogP contribution in [-0.2, 0) is 6.61 Å². The lowest BCUT2D eigenvalue weighted by Gasteiger charge is -2.26. The molecule has 0 saturated carbocycles. The normalized spacial score (nSPS) is 16.6. The number of ether oxygens (including phenoxy) is 1. The van der Waals surface area contributed by atoms with Crippen molar-refractivity contribution in [1.29, 1.82) is 0 Å². The second-order valence-corrected chi connectivity index (χ2v) is 23.2. The van der Waals surface area contributed by atoms with Gasteiger partial charge in [-0.05, 0) is 80.8 Å². The van der Waals surface area contributed by atoms with Crippen LogP contribution in [0.3, 0.4) is 0 Å². The first-order chi connectivity index (χ1) is 16.6. The molecule has 1 N–H and O–H groups in total. The van der Waals surface area contributed by atoms with E-state index in [-0.39, 0.29) is 6.61 Å². The molecule has 0 spiro atoms. The van der Waals surface area contributed by atoms with Crippen molar-refractivity contribution in [3.63, 3.8) is 0 Å². The Bertz CT molecular complexity index is 1750. The first-order valence-corrected chi connectivity index (χ1v) is 20.5. The Morgan fingerprint density at radius 1 is 0.771 bits per heavy atom. The van der Waals surface area contributed by atoms with Crippen LogP contribution in [0, 0.1) is 13.8 Å². The van der Waals surface area contributed by atoms with E-state index in [2.05, 4.69) is 64.3 Å². The summed E-state index contributed by atoms with van der Waals surface area (Å²) in [5.41, 5.74) is 3.74. The molecule has 0 fully saturated rings. The molecule has 0 unspecified atom stereocenters. The van der Waals surface area contributed by atoms with Gasteiger partial charge in [-0.2, -0.15) is 0 Å². The van der Waals surface area contributed by atoms with Crippen LogP contribution in [0.25, 0.3) is 41.1 Å². The quantitative estimate of drug-likeness (QED) is 0.278. The number of hydrogen-bond acceptors (Lipinski definition) is 5. The van der Waals surface area contributed by atoms with Crippen LogP contribution in [0.2, 0.25) is 26.2 Å². The molecule has 5 aromatic rings. The fraction of sp³-hybridized carbons (Fsp3) is 0.286. The van der Waals surface area contributed by atoms with Crippen molar-refractivity contribution in [3.8, 4) is 26.6 Å². The molecule has 0 aliphatic carbocycles. The van der Waals surface area contributed by atoms with Gasteiger partial charge in [-0.1, -0.05) is 26.2 Å². The molecule has 0 bridgehead atoms. The van der Waals surface area contributed by atoms with Crippen molar-refractivity contribution in [2.24, 2.45) is 0 Å².